The van der Waals surface area contributed by atoms with Crippen molar-refractivity contribution < 1.29 is 4.42 Å². The molecule has 1 aliphatic rings. The zero-order chi connectivity index (χ0) is 11.7. The summed E-state index contributed by atoms with van der Waals surface area (Å²) < 4.78 is 9.43. The summed E-state index contributed by atoms with van der Waals surface area (Å²) in [5, 5.41) is 7.56. The summed E-state index contributed by atoms with van der Waals surface area (Å²) in [5.74, 6) is 0.778. The molecule has 5 nitrogen and oxygen atoms in total. The van der Waals surface area contributed by atoms with E-state index in [1.54, 1.807) is 4.90 Å². The summed E-state index contributed by atoms with van der Waals surface area (Å²) in [6.07, 6.45) is 1.29. The van der Waals surface area contributed by atoms with Crippen LogP contribution in [0.2, 0.25) is 0 Å². The van der Waals surface area contributed by atoms with Gasteiger partial charge in [0.15, 0.2) is 10.5 Å². The molecule has 1 unspecified atom stereocenters. The van der Waals surface area contributed by atoms with Crippen LogP contribution < -0.4 is 4.90 Å². The van der Waals surface area contributed by atoms with E-state index in [0.29, 0.717) is 6.01 Å². The number of rotatable bonds is 2. The van der Waals surface area contributed by atoms with Crippen LogP contribution in [0.15, 0.2) is 45.5 Å². The van der Waals surface area contributed by atoms with Gasteiger partial charge >= 0.3 is 6.01 Å². The molecule has 0 saturated heterocycles. The van der Waals surface area contributed by atoms with E-state index in [-0.39, 0.29) is 4.71 Å². The molecule has 0 fully saturated rings. The Bertz CT molecular complexity index is 529. The minimum absolute atomic E-state index is 0.148. The Morgan fingerprint density at radius 1 is 1.29 bits per heavy atom. The van der Waals surface area contributed by atoms with E-state index in [2.05, 4.69) is 27.2 Å². The van der Waals surface area contributed by atoms with Crippen LogP contribution >= 0.6 is 24.6 Å². The van der Waals surface area contributed by atoms with Crippen LogP contribution in [0.3, 0.4) is 0 Å². The van der Waals surface area contributed by atoms with Gasteiger partial charge in [0.05, 0.1) is 0 Å². The number of hydrogen-bond donors (Lipinski definition) is 1. The Balaban J connectivity index is 2.00. The van der Waals surface area contributed by atoms with Crippen molar-refractivity contribution >= 4 is 36.4 Å². The van der Waals surface area contributed by atoms with Crippen molar-refractivity contribution in [2.75, 3.05) is 4.90 Å². The van der Waals surface area contributed by atoms with Crippen molar-refractivity contribution in [3.8, 4) is 0 Å². The molecular weight excluding hydrogens is 256 g/mol. The van der Waals surface area contributed by atoms with Crippen molar-refractivity contribution in [3.63, 3.8) is 0 Å². The molecule has 2 aromatic rings. The Kier molecular flexibility index (Phi) is 2.77. The quantitative estimate of drug-likeness (QED) is 0.665. The molecule has 1 aliphatic heterocycles. The lowest BCUT2D eigenvalue weighted by Crippen LogP contribution is -2.32. The number of anilines is 1. The first kappa shape index (κ1) is 10.7. The first-order chi connectivity index (χ1) is 8.36. The average molecular weight is 264 g/mol. The highest BCUT2D eigenvalue weighted by Gasteiger charge is 2.31. The van der Waals surface area contributed by atoms with Gasteiger partial charge in [-0.05, 0) is 0 Å². The van der Waals surface area contributed by atoms with Crippen LogP contribution in [0.1, 0.15) is 5.56 Å². The van der Waals surface area contributed by atoms with Gasteiger partial charge in [-0.25, -0.2) is 0 Å². The van der Waals surface area contributed by atoms with E-state index >= 15 is 0 Å². The van der Waals surface area contributed by atoms with E-state index in [1.807, 2.05) is 30.3 Å². The van der Waals surface area contributed by atoms with E-state index < -0.39 is 0 Å². The third-order valence-electron chi connectivity index (χ3n) is 2.27. The Morgan fingerprint density at radius 2 is 2.12 bits per heavy atom. The van der Waals surface area contributed by atoms with E-state index in [0.717, 1.165) is 11.4 Å². The molecule has 0 radical (unpaired) electrons. The van der Waals surface area contributed by atoms with Crippen LogP contribution in [0, 0.1) is 0 Å². The molecule has 7 heteroatoms. The molecule has 0 N–H and O–H groups in total. The normalized spacial score (nSPS) is 19.5. The summed E-state index contributed by atoms with van der Waals surface area (Å²) in [5.41, 5.74) is 0.995. The van der Waals surface area contributed by atoms with Gasteiger partial charge in [0.2, 0.25) is 6.39 Å². The van der Waals surface area contributed by atoms with Gasteiger partial charge in [-0.15, -0.1) is 17.7 Å². The third-order valence-corrected chi connectivity index (χ3v) is 3.46. The SMILES string of the molecule is SC1SN=C(c2ccccc2)N1c1nnco1. The van der Waals surface area contributed by atoms with Crippen molar-refractivity contribution in [1.29, 1.82) is 0 Å². The number of amidine groups is 1. The fourth-order valence-electron chi connectivity index (χ4n) is 1.53. The van der Waals surface area contributed by atoms with Crippen molar-refractivity contribution in [2.45, 2.75) is 4.71 Å². The van der Waals surface area contributed by atoms with Gasteiger partial charge in [0.1, 0.15) is 0 Å². The summed E-state index contributed by atoms with van der Waals surface area (Å²) in [7, 11) is 0. The topological polar surface area (TPSA) is 54.5 Å². The maximum Gasteiger partial charge on any atom is 0.325 e. The monoisotopic (exact) mass is 264 g/mol. The van der Waals surface area contributed by atoms with Crippen LogP contribution in [-0.4, -0.2) is 20.7 Å². The lowest BCUT2D eigenvalue weighted by atomic mass is 10.2. The molecule has 0 aliphatic carbocycles. The molecule has 1 atom stereocenters. The van der Waals surface area contributed by atoms with Gasteiger partial charge in [0.25, 0.3) is 0 Å². The molecule has 1 aromatic heterocycles. The second kappa shape index (κ2) is 4.42. The first-order valence-corrected chi connectivity index (χ1v) is 6.24. The molecule has 0 spiro atoms. The van der Waals surface area contributed by atoms with E-state index in [4.69, 9.17) is 4.42 Å². The van der Waals surface area contributed by atoms with Gasteiger partial charge in [0, 0.05) is 17.5 Å². The van der Waals surface area contributed by atoms with Crippen LogP contribution in [0.25, 0.3) is 0 Å². The standard InChI is InChI=1S/C10H8N4OS2/c16-10-14(9-12-11-6-15-9)8(13-17-10)7-4-2-1-3-5-7/h1-6,10,16H. The fraction of sp³-hybridized carbons (Fsp3) is 0.100. The summed E-state index contributed by atoms with van der Waals surface area (Å²) >= 11 is 5.79. The number of hydrogen-bond acceptors (Lipinski definition) is 7. The molecule has 17 heavy (non-hydrogen) atoms. The Hall–Kier alpha value is -1.47. The highest BCUT2D eigenvalue weighted by molar-refractivity contribution is 8.10. The largest absolute Gasteiger partial charge is 0.411 e. The summed E-state index contributed by atoms with van der Waals surface area (Å²) in [6.45, 7) is 0. The average Bonchev–Trinajstić information content (AvgIpc) is 2.99. The van der Waals surface area contributed by atoms with E-state index in [1.165, 1.54) is 18.3 Å². The Labute approximate surface area is 107 Å². The van der Waals surface area contributed by atoms with Crippen molar-refractivity contribution in [1.82, 2.24) is 10.2 Å². The Morgan fingerprint density at radius 3 is 2.82 bits per heavy atom. The highest BCUT2D eigenvalue weighted by atomic mass is 32.2. The van der Waals surface area contributed by atoms with Gasteiger partial charge in [-0.1, -0.05) is 35.4 Å². The molecule has 0 bridgehead atoms. The predicted octanol–water partition coefficient (Wildman–Crippen LogP) is 2.20. The molecule has 86 valence electrons. The lowest BCUT2D eigenvalue weighted by molar-refractivity contribution is 0.556. The molecule has 2 heterocycles. The van der Waals surface area contributed by atoms with Crippen LogP contribution in [-0.2, 0) is 0 Å². The second-order valence-electron chi connectivity index (χ2n) is 3.30. The number of aromatic nitrogens is 2. The molecule has 3 rings (SSSR count). The maximum absolute atomic E-state index is 5.20. The third kappa shape index (κ3) is 1.91. The predicted molar refractivity (Wildman–Crippen MR) is 70.1 cm³/mol. The maximum atomic E-state index is 5.20. The van der Waals surface area contributed by atoms with Gasteiger partial charge in [-0.2, -0.15) is 4.40 Å². The molecule has 0 saturated carbocycles. The first-order valence-electron chi connectivity index (χ1n) is 4.89. The lowest BCUT2D eigenvalue weighted by Gasteiger charge is -2.18. The summed E-state index contributed by atoms with van der Waals surface area (Å²) in [4.78, 5) is 1.80. The van der Waals surface area contributed by atoms with Crippen molar-refractivity contribution in [3.05, 3.63) is 42.3 Å². The molecular formula is C10H8N4OS2. The summed E-state index contributed by atoms with van der Waals surface area (Å²) in [6, 6.07) is 10.2. The number of benzene rings is 1. The van der Waals surface area contributed by atoms with Gasteiger partial charge in [-0.3, -0.25) is 4.90 Å². The highest BCUT2D eigenvalue weighted by Crippen LogP contribution is 2.33. The minimum atomic E-state index is -0.148. The minimum Gasteiger partial charge on any atom is -0.411 e. The second-order valence-corrected chi connectivity index (χ2v) is 4.98. The van der Waals surface area contributed by atoms with Crippen LogP contribution in [0.4, 0.5) is 6.01 Å². The van der Waals surface area contributed by atoms with Crippen molar-refractivity contribution in [2.24, 2.45) is 4.40 Å². The zero-order valence-corrected chi connectivity index (χ0v) is 10.3. The van der Waals surface area contributed by atoms with E-state index in [9.17, 15) is 0 Å². The van der Waals surface area contributed by atoms with Crippen LogP contribution in [0.5, 0.6) is 0 Å². The number of nitrogens with zero attached hydrogens (tertiary/aromatic N) is 4. The molecule has 1 aromatic carbocycles. The smallest absolute Gasteiger partial charge is 0.325 e. The van der Waals surface area contributed by atoms with Gasteiger partial charge < -0.3 is 4.42 Å². The number of thiol groups is 1. The zero-order valence-electron chi connectivity index (χ0n) is 8.59. The molecule has 0 amide bonds. The fourth-order valence-corrected chi connectivity index (χ4v) is 2.55.